The Kier molecular flexibility index (Phi) is 43.3. The van der Waals surface area contributed by atoms with E-state index in [9.17, 15) is 14.4 Å². The molecule has 6 heteroatoms. The monoisotopic (exact) mass is 825 g/mol. The average Bonchev–Trinajstić information content (AvgIpc) is 3.24. The molecule has 0 aliphatic heterocycles. The Labute approximate surface area is 366 Å². The number of rotatable bonds is 38. The number of ether oxygens (including phenoxy) is 3. The lowest BCUT2D eigenvalue weighted by Crippen LogP contribution is -2.30. The molecule has 0 aromatic carbocycles. The number of hydrogen-bond donors (Lipinski definition) is 0. The lowest BCUT2D eigenvalue weighted by Gasteiger charge is -2.18. The van der Waals surface area contributed by atoms with Gasteiger partial charge in [-0.05, 0) is 89.9 Å². The van der Waals surface area contributed by atoms with E-state index in [-0.39, 0.29) is 44.0 Å². The summed E-state index contributed by atoms with van der Waals surface area (Å²) in [5.74, 6) is -1.05. The topological polar surface area (TPSA) is 78.9 Å². The molecule has 0 fully saturated rings. The van der Waals surface area contributed by atoms with Gasteiger partial charge in [-0.15, -0.1) is 0 Å². The first-order chi connectivity index (χ1) is 29.5. The van der Waals surface area contributed by atoms with Crippen molar-refractivity contribution in [3.63, 3.8) is 0 Å². The maximum atomic E-state index is 12.7. The molecule has 0 radical (unpaired) electrons. The molecule has 6 nitrogen and oxygen atoms in total. The van der Waals surface area contributed by atoms with Gasteiger partial charge in [-0.3, -0.25) is 14.4 Å². The summed E-state index contributed by atoms with van der Waals surface area (Å²) in [6.45, 7) is 6.10. The van der Waals surface area contributed by atoms with Crippen molar-refractivity contribution in [1.82, 2.24) is 0 Å². The van der Waals surface area contributed by atoms with E-state index >= 15 is 0 Å². The molecule has 0 aliphatic rings. The summed E-state index contributed by atoms with van der Waals surface area (Å²) in [6, 6.07) is 0. The second-order valence-corrected chi connectivity index (χ2v) is 14.4. The molecule has 0 spiro atoms. The highest BCUT2D eigenvalue weighted by Gasteiger charge is 2.19. The van der Waals surface area contributed by atoms with Crippen molar-refractivity contribution < 1.29 is 28.6 Å². The normalized spacial score (nSPS) is 13.4. The fraction of sp³-hybridized carbons (Fsp3) is 0.500. The Morgan fingerprint density at radius 1 is 0.350 bits per heavy atom. The van der Waals surface area contributed by atoms with Crippen LogP contribution in [0.2, 0.25) is 0 Å². The Bertz CT molecular complexity index is 1410. The maximum Gasteiger partial charge on any atom is 0.306 e. The third kappa shape index (κ3) is 44.4. The predicted octanol–water partition coefficient (Wildman–Crippen LogP) is 14.9. The van der Waals surface area contributed by atoms with E-state index in [1.54, 1.807) is 0 Å². The van der Waals surface area contributed by atoms with Crippen LogP contribution in [-0.2, 0) is 28.6 Å². The van der Waals surface area contributed by atoms with Gasteiger partial charge >= 0.3 is 17.9 Å². The molecule has 0 aliphatic carbocycles. The SMILES string of the molecule is CC\C=C/C=C\C=C/C=C\C=C/CCCCCC(=O)OCC(COC(=O)CCCCC\C=C/C=C\C=C/C=C\CC)OC(=O)CCCCCC/C=C\C/C=C\C/C=C\CC. The molecule has 0 aromatic rings. The van der Waals surface area contributed by atoms with Crippen molar-refractivity contribution >= 4 is 17.9 Å². The first-order valence-electron chi connectivity index (χ1n) is 23.0. The lowest BCUT2D eigenvalue weighted by atomic mass is 10.1. The Hall–Kier alpha value is -4.71. The maximum absolute atomic E-state index is 12.7. The van der Waals surface area contributed by atoms with E-state index in [1.165, 1.54) is 0 Å². The van der Waals surface area contributed by atoms with E-state index in [0.29, 0.717) is 12.8 Å². The highest BCUT2D eigenvalue weighted by molar-refractivity contribution is 5.71. The largest absolute Gasteiger partial charge is 0.462 e. The molecular weight excluding hydrogens is 745 g/mol. The molecule has 0 saturated carbocycles. The summed E-state index contributed by atoms with van der Waals surface area (Å²) < 4.78 is 16.6. The Morgan fingerprint density at radius 2 is 0.683 bits per heavy atom. The van der Waals surface area contributed by atoms with Crippen LogP contribution < -0.4 is 0 Å². The van der Waals surface area contributed by atoms with E-state index in [0.717, 1.165) is 109 Å². The van der Waals surface area contributed by atoms with Crippen LogP contribution in [-0.4, -0.2) is 37.2 Å². The van der Waals surface area contributed by atoms with Gasteiger partial charge in [-0.2, -0.15) is 0 Å². The number of hydrogen-bond acceptors (Lipinski definition) is 6. The number of carbonyl (C=O) groups is 3. The standard InChI is InChI=1S/C54H80O6/c1-4-7-10-13-16-19-22-25-27-30-32-35-38-41-44-47-53(56)59-50-51(49-58-52(55)46-43-40-37-34-31-28-24-21-18-15-12-9-6-3)60-54(57)48-45-42-39-36-33-29-26-23-20-17-14-11-8-5-2/h7-13,15-22,24-32,51H,4-6,14,23,33-50H2,1-3H3/b10-7-,11-8-,12-9-,16-13-,18-15-,20-17-,22-19-,24-21-,27-25-,29-26-,31-28-,32-30-. The summed E-state index contributed by atoms with van der Waals surface area (Å²) in [7, 11) is 0. The smallest absolute Gasteiger partial charge is 0.306 e. The number of carbonyl (C=O) groups excluding carboxylic acids is 3. The highest BCUT2D eigenvalue weighted by atomic mass is 16.6. The van der Waals surface area contributed by atoms with Crippen molar-refractivity contribution in [2.75, 3.05) is 13.2 Å². The van der Waals surface area contributed by atoms with E-state index in [2.05, 4.69) is 81.5 Å². The molecule has 332 valence electrons. The van der Waals surface area contributed by atoms with E-state index in [4.69, 9.17) is 14.2 Å². The van der Waals surface area contributed by atoms with Gasteiger partial charge in [0, 0.05) is 19.3 Å². The molecule has 60 heavy (non-hydrogen) atoms. The Morgan fingerprint density at radius 3 is 1.13 bits per heavy atom. The van der Waals surface area contributed by atoms with Crippen LogP contribution in [0.15, 0.2) is 146 Å². The van der Waals surface area contributed by atoms with Gasteiger partial charge in [-0.25, -0.2) is 0 Å². The third-order valence-electron chi connectivity index (χ3n) is 8.79. The van der Waals surface area contributed by atoms with E-state index < -0.39 is 6.10 Å². The molecule has 0 bridgehead atoms. The molecular formula is C54H80O6. The molecule has 0 rings (SSSR count). The van der Waals surface area contributed by atoms with Crippen LogP contribution >= 0.6 is 0 Å². The highest BCUT2D eigenvalue weighted by Crippen LogP contribution is 2.11. The van der Waals surface area contributed by atoms with Crippen molar-refractivity contribution in [3.8, 4) is 0 Å². The minimum atomic E-state index is -0.829. The molecule has 0 heterocycles. The van der Waals surface area contributed by atoms with Crippen LogP contribution in [0.1, 0.15) is 156 Å². The van der Waals surface area contributed by atoms with Gasteiger partial charge in [0.15, 0.2) is 6.10 Å². The van der Waals surface area contributed by atoms with E-state index in [1.807, 2.05) is 85.1 Å². The first-order valence-corrected chi connectivity index (χ1v) is 23.0. The summed E-state index contributed by atoms with van der Waals surface area (Å²) >= 11 is 0. The summed E-state index contributed by atoms with van der Waals surface area (Å²) in [4.78, 5) is 37.8. The minimum Gasteiger partial charge on any atom is -0.462 e. The zero-order valence-electron chi connectivity index (χ0n) is 37.6. The number of esters is 3. The first kappa shape index (κ1) is 55.3. The molecule has 0 saturated heterocycles. The van der Waals surface area contributed by atoms with Gasteiger partial charge in [-0.1, -0.05) is 192 Å². The zero-order chi connectivity index (χ0) is 43.7. The van der Waals surface area contributed by atoms with Crippen LogP contribution in [0.5, 0.6) is 0 Å². The molecule has 0 aromatic heterocycles. The van der Waals surface area contributed by atoms with Crippen molar-refractivity contribution in [1.29, 1.82) is 0 Å². The lowest BCUT2D eigenvalue weighted by molar-refractivity contribution is -0.167. The summed E-state index contributed by atoms with van der Waals surface area (Å²) in [5.41, 5.74) is 0. The quantitative estimate of drug-likeness (QED) is 0.0203. The molecule has 1 unspecified atom stereocenters. The summed E-state index contributed by atoms with van der Waals surface area (Å²) in [5, 5.41) is 0. The molecule has 0 N–H and O–H groups in total. The second kappa shape index (κ2) is 47.0. The average molecular weight is 825 g/mol. The van der Waals surface area contributed by atoms with Crippen LogP contribution in [0.4, 0.5) is 0 Å². The fourth-order valence-corrected chi connectivity index (χ4v) is 5.43. The van der Waals surface area contributed by atoms with Crippen LogP contribution in [0.25, 0.3) is 0 Å². The zero-order valence-corrected chi connectivity index (χ0v) is 37.6. The Balaban J connectivity index is 4.62. The molecule has 1 atom stereocenters. The van der Waals surface area contributed by atoms with Crippen molar-refractivity contribution in [3.05, 3.63) is 146 Å². The molecule has 0 amide bonds. The van der Waals surface area contributed by atoms with Gasteiger partial charge in [0.25, 0.3) is 0 Å². The van der Waals surface area contributed by atoms with Gasteiger partial charge in [0.05, 0.1) is 0 Å². The minimum absolute atomic E-state index is 0.129. The van der Waals surface area contributed by atoms with Crippen LogP contribution in [0.3, 0.4) is 0 Å². The fourth-order valence-electron chi connectivity index (χ4n) is 5.43. The van der Waals surface area contributed by atoms with Crippen molar-refractivity contribution in [2.45, 2.75) is 162 Å². The van der Waals surface area contributed by atoms with Gasteiger partial charge < -0.3 is 14.2 Å². The number of unbranched alkanes of at least 4 members (excludes halogenated alkanes) is 10. The predicted molar refractivity (Wildman–Crippen MR) is 255 cm³/mol. The van der Waals surface area contributed by atoms with Gasteiger partial charge in [0.2, 0.25) is 0 Å². The second-order valence-electron chi connectivity index (χ2n) is 14.4. The van der Waals surface area contributed by atoms with Crippen LogP contribution in [0, 0.1) is 0 Å². The van der Waals surface area contributed by atoms with Gasteiger partial charge in [0.1, 0.15) is 13.2 Å². The third-order valence-corrected chi connectivity index (χ3v) is 8.79. The number of allylic oxidation sites excluding steroid dienone is 24. The summed E-state index contributed by atoms with van der Waals surface area (Å²) in [6.07, 6.45) is 66.8. The van der Waals surface area contributed by atoms with Crippen molar-refractivity contribution in [2.24, 2.45) is 0 Å².